The zero-order valence-corrected chi connectivity index (χ0v) is 15.5. The number of H-pyrrole nitrogens is 1. The molecule has 0 aliphatic carbocycles. The molecule has 3 heterocycles. The van der Waals surface area contributed by atoms with Crippen molar-refractivity contribution in [2.75, 3.05) is 5.75 Å². The highest BCUT2D eigenvalue weighted by Crippen LogP contribution is 2.26. The van der Waals surface area contributed by atoms with Crippen LogP contribution in [0.5, 0.6) is 0 Å². The van der Waals surface area contributed by atoms with Crippen molar-refractivity contribution in [1.82, 2.24) is 20.3 Å². The van der Waals surface area contributed by atoms with E-state index in [-0.39, 0.29) is 5.78 Å². The van der Waals surface area contributed by atoms with Crippen LogP contribution in [0.4, 0.5) is 0 Å². The first kappa shape index (κ1) is 17.8. The molecule has 0 fully saturated rings. The predicted octanol–water partition coefficient (Wildman–Crippen LogP) is 3.99. The number of halogens is 1. The van der Waals surface area contributed by atoms with Crippen molar-refractivity contribution in [2.45, 2.75) is 13.0 Å². The van der Waals surface area contributed by atoms with Gasteiger partial charge in [-0.2, -0.15) is 0 Å². The third kappa shape index (κ3) is 4.56. The molecule has 128 valence electrons. The van der Waals surface area contributed by atoms with E-state index in [0.717, 1.165) is 5.56 Å². The van der Waals surface area contributed by atoms with Crippen LogP contribution in [0, 0.1) is 0 Å². The van der Waals surface area contributed by atoms with E-state index in [0.29, 0.717) is 44.7 Å². The Bertz CT molecular complexity index is 898. The summed E-state index contributed by atoms with van der Waals surface area (Å²) in [4.78, 5) is 23.6. The first-order valence-electron chi connectivity index (χ1n) is 7.59. The summed E-state index contributed by atoms with van der Waals surface area (Å²) in [5.41, 5.74) is 2.25. The molecule has 0 atom stereocenters. The van der Waals surface area contributed by atoms with E-state index in [9.17, 15) is 4.79 Å². The third-order valence-electron chi connectivity index (χ3n) is 3.55. The summed E-state index contributed by atoms with van der Waals surface area (Å²) in [5, 5.41) is 4.35. The zero-order chi connectivity index (χ0) is 17.6. The number of fused-ring (bicyclic) bond motifs is 1. The smallest absolute Gasteiger partial charge is 0.165 e. The molecule has 0 unspecified atom stereocenters. The van der Waals surface area contributed by atoms with Crippen molar-refractivity contribution in [3.05, 3.63) is 59.1 Å². The SMILES string of the molecule is O=C(CCSC(=S)NCc1cccnc1)c1c[nH]c2nccc(Cl)c12. The molecule has 0 aliphatic rings. The minimum atomic E-state index is 0.0173. The molecule has 0 aliphatic heterocycles. The maximum Gasteiger partial charge on any atom is 0.165 e. The maximum absolute atomic E-state index is 12.4. The first-order chi connectivity index (χ1) is 12.1. The van der Waals surface area contributed by atoms with Gasteiger partial charge in [0.25, 0.3) is 0 Å². The lowest BCUT2D eigenvalue weighted by Gasteiger charge is -2.07. The van der Waals surface area contributed by atoms with Gasteiger partial charge in [-0.1, -0.05) is 41.6 Å². The van der Waals surface area contributed by atoms with Crippen molar-refractivity contribution in [3.63, 3.8) is 0 Å². The molecule has 3 aromatic heterocycles. The summed E-state index contributed by atoms with van der Waals surface area (Å²) in [6.45, 7) is 0.622. The van der Waals surface area contributed by atoms with E-state index < -0.39 is 0 Å². The topological polar surface area (TPSA) is 70.7 Å². The van der Waals surface area contributed by atoms with Crippen LogP contribution in [0.2, 0.25) is 5.02 Å². The minimum Gasteiger partial charge on any atom is -0.367 e. The van der Waals surface area contributed by atoms with Crippen molar-refractivity contribution in [3.8, 4) is 0 Å². The molecule has 25 heavy (non-hydrogen) atoms. The number of thiocarbonyl (C=S) groups is 1. The second-order valence-corrected chi connectivity index (χ2v) is 7.42. The molecule has 0 aromatic carbocycles. The van der Waals surface area contributed by atoms with Crippen LogP contribution < -0.4 is 5.32 Å². The third-order valence-corrected chi connectivity index (χ3v) is 5.17. The number of thioether (sulfide) groups is 1. The van der Waals surface area contributed by atoms with Crippen LogP contribution in [0.3, 0.4) is 0 Å². The molecule has 2 N–H and O–H groups in total. The van der Waals surface area contributed by atoms with Crippen LogP contribution in [-0.2, 0) is 6.54 Å². The van der Waals surface area contributed by atoms with Gasteiger partial charge < -0.3 is 10.3 Å². The summed E-state index contributed by atoms with van der Waals surface area (Å²) in [5.74, 6) is 0.617. The van der Waals surface area contributed by atoms with Crippen molar-refractivity contribution >= 4 is 56.7 Å². The van der Waals surface area contributed by atoms with Gasteiger partial charge in [0.2, 0.25) is 0 Å². The molecule has 0 saturated heterocycles. The number of ketones is 1. The Kier molecular flexibility index (Phi) is 6.01. The van der Waals surface area contributed by atoms with E-state index in [1.165, 1.54) is 11.8 Å². The molecule has 0 radical (unpaired) electrons. The highest BCUT2D eigenvalue weighted by atomic mass is 35.5. The van der Waals surface area contributed by atoms with E-state index in [2.05, 4.69) is 20.3 Å². The van der Waals surface area contributed by atoms with Gasteiger partial charge in [0.05, 0.1) is 5.02 Å². The van der Waals surface area contributed by atoms with Crippen LogP contribution in [0.1, 0.15) is 22.3 Å². The van der Waals surface area contributed by atoms with Crippen LogP contribution in [-0.4, -0.2) is 30.8 Å². The van der Waals surface area contributed by atoms with Gasteiger partial charge in [-0.3, -0.25) is 9.78 Å². The molecule has 0 saturated carbocycles. The predicted molar refractivity (Wildman–Crippen MR) is 106 cm³/mol. The number of nitrogens with zero attached hydrogens (tertiary/aromatic N) is 2. The maximum atomic E-state index is 12.4. The van der Waals surface area contributed by atoms with Crippen molar-refractivity contribution in [2.24, 2.45) is 0 Å². The summed E-state index contributed by atoms with van der Waals surface area (Å²) in [7, 11) is 0. The summed E-state index contributed by atoms with van der Waals surface area (Å²) < 4.78 is 0.662. The molecular weight excluding hydrogens is 376 g/mol. The lowest BCUT2D eigenvalue weighted by Crippen LogP contribution is -2.18. The first-order valence-corrected chi connectivity index (χ1v) is 9.36. The number of Topliss-reactive ketones (excluding diaryl/α,β-unsaturated/α-hetero) is 1. The normalized spacial score (nSPS) is 10.8. The van der Waals surface area contributed by atoms with Crippen molar-refractivity contribution < 1.29 is 4.79 Å². The number of nitrogens with one attached hydrogen (secondary N) is 2. The highest BCUT2D eigenvalue weighted by molar-refractivity contribution is 8.22. The molecule has 5 nitrogen and oxygen atoms in total. The Labute approximate surface area is 159 Å². The zero-order valence-electron chi connectivity index (χ0n) is 13.2. The number of hydrogen-bond donors (Lipinski definition) is 2. The largest absolute Gasteiger partial charge is 0.367 e. The Morgan fingerprint density at radius 2 is 2.24 bits per heavy atom. The van der Waals surface area contributed by atoms with E-state index >= 15 is 0 Å². The van der Waals surface area contributed by atoms with E-state index in [4.69, 9.17) is 23.8 Å². The highest BCUT2D eigenvalue weighted by Gasteiger charge is 2.15. The van der Waals surface area contributed by atoms with Gasteiger partial charge in [-0.05, 0) is 17.7 Å². The monoisotopic (exact) mass is 390 g/mol. The molecule has 3 rings (SSSR count). The lowest BCUT2D eigenvalue weighted by atomic mass is 10.1. The van der Waals surface area contributed by atoms with Gasteiger partial charge in [0.15, 0.2) is 5.78 Å². The van der Waals surface area contributed by atoms with Gasteiger partial charge >= 0.3 is 0 Å². The summed E-state index contributed by atoms with van der Waals surface area (Å²) in [6.07, 6.45) is 7.16. The fraction of sp³-hybridized carbons (Fsp3) is 0.176. The fourth-order valence-corrected chi connectivity index (χ4v) is 3.55. The Morgan fingerprint density at radius 3 is 3.04 bits per heavy atom. The number of pyridine rings is 2. The lowest BCUT2D eigenvalue weighted by molar-refractivity contribution is 0.0991. The van der Waals surface area contributed by atoms with Crippen LogP contribution in [0.15, 0.2) is 43.0 Å². The second-order valence-electron chi connectivity index (χ2n) is 5.24. The molecule has 0 spiro atoms. The number of hydrogen-bond acceptors (Lipinski definition) is 5. The van der Waals surface area contributed by atoms with Gasteiger partial charge in [0, 0.05) is 54.5 Å². The minimum absolute atomic E-state index is 0.0173. The fourth-order valence-electron chi connectivity index (χ4n) is 2.34. The number of carbonyl (C=O) groups is 1. The Hall–Kier alpha value is -1.96. The number of aromatic amines is 1. The van der Waals surface area contributed by atoms with Crippen molar-refractivity contribution in [1.29, 1.82) is 0 Å². The average Bonchev–Trinajstić information content (AvgIpc) is 3.06. The van der Waals surface area contributed by atoms with E-state index in [1.807, 2.05) is 12.1 Å². The molecule has 8 heteroatoms. The van der Waals surface area contributed by atoms with E-state index in [1.54, 1.807) is 30.9 Å². The summed E-state index contributed by atoms with van der Waals surface area (Å²) in [6, 6.07) is 5.54. The quantitative estimate of drug-likeness (QED) is 0.489. The van der Waals surface area contributed by atoms with Gasteiger partial charge in [-0.15, -0.1) is 0 Å². The van der Waals surface area contributed by atoms with Gasteiger partial charge in [0.1, 0.15) is 9.97 Å². The number of aromatic nitrogens is 3. The Balaban J connectivity index is 1.50. The molecule has 3 aromatic rings. The van der Waals surface area contributed by atoms with Gasteiger partial charge in [-0.25, -0.2) is 4.98 Å². The molecule has 0 amide bonds. The number of rotatable bonds is 6. The summed E-state index contributed by atoms with van der Waals surface area (Å²) >= 11 is 12.9. The standard InChI is InChI=1S/C17H15ClN4OS2/c18-13-3-6-20-16-15(13)12(10-21-16)14(23)4-7-25-17(24)22-9-11-2-1-5-19-8-11/h1-3,5-6,8,10H,4,7,9H2,(H,20,21)(H,22,24). The Morgan fingerprint density at radius 1 is 1.36 bits per heavy atom. The second kappa shape index (κ2) is 8.42. The number of carbonyl (C=O) groups excluding carboxylic acids is 1. The van der Waals surface area contributed by atoms with Crippen LogP contribution >= 0.6 is 35.6 Å². The van der Waals surface area contributed by atoms with Crippen LogP contribution in [0.25, 0.3) is 11.0 Å². The molecular formula is C17H15ClN4OS2. The molecule has 0 bridgehead atoms. The average molecular weight is 391 g/mol.